The molecule has 33 heavy (non-hydrogen) atoms. The molecular formula is C25H31N3O5. The summed E-state index contributed by atoms with van der Waals surface area (Å²) in [6.45, 7) is 0.974. The summed E-state index contributed by atoms with van der Waals surface area (Å²) in [4.78, 5) is 28.8. The number of rotatable bonds is 9. The van der Waals surface area contributed by atoms with Crippen LogP contribution in [0, 0.1) is 11.8 Å². The number of fused-ring (bicyclic) bond motifs is 1. The maximum atomic E-state index is 12.8. The number of carbonyl (C=O) groups is 2. The number of amides is 1. The van der Waals surface area contributed by atoms with Crippen molar-refractivity contribution in [3.63, 3.8) is 0 Å². The highest BCUT2D eigenvalue weighted by molar-refractivity contribution is 5.81. The van der Waals surface area contributed by atoms with Crippen molar-refractivity contribution in [1.29, 1.82) is 0 Å². The van der Waals surface area contributed by atoms with Gasteiger partial charge >= 0.3 is 5.97 Å². The number of aryl methyl sites for hydroxylation is 2. The molecule has 0 bridgehead atoms. The molecule has 0 saturated heterocycles. The molecule has 1 aliphatic carbocycles. The monoisotopic (exact) mass is 453 g/mol. The Kier molecular flexibility index (Phi) is 7.01. The molecule has 2 aromatic rings. The molecule has 1 fully saturated rings. The van der Waals surface area contributed by atoms with Crippen LogP contribution in [0.3, 0.4) is 0 Å². The van der Waals surface area contributed by atoms with E-state index in [9.17, 15) is 19.8 Å². The first-order chi connectivity index (χ1) is 15.9. The van der Waals surface area contributed by atoms with Gasteiger partial charge in [-0.05, 0) is 73.8 Å². The summed E-state index contributed by atoms with van der Waals surface area (Å²) in [7, 11) is 1.44. The van der Waals surface area contributed by atoms with Crippen molar-refractivity contribution in [2.45, 2.75) is 51.0 Å². The number of carbonyl (C=O) groups excluding carboxylic acids is 1. The van der Waals surface area contributed by atoms with Gasteiger partial charge < -0.3 is 25.6 Å². The SMILES string of the molecule is COc1ccc([C@H](CC(=O)O)NC(=O)[C@H]2C[C@@H](CCc3ccc4c(n3)NCCC4)C2)cc1O. The summed E-state index contributed by atoms with van der Waals surface area (Å²) in [5.41, 5.74) is 2.90. The second-order valence-corrected chi connectivity index (χ2v) is 9.00. The Balaban J connectivity index is 1.28. The van der Waals surface area contributed by atoms with Gasteiger partial charge in [0, 0.05) is 18.2 Å². The summed E-state index contributed by atoms with van der Waals surface area (Å²) in [5.74, 6) is 0.419. The first-order valence-corrected chi connectivity index (χ1v) is 11.5. The quantitative estimate of drug-likeness (QED) is 0.459. The van der Waals surface area contributed by atoms with Crippen molar-refractivity contribution in [3.05, 3.63) is 47.2 Å². The van der Waals surface area contributed by atoms with E-state index in [0.29, 0.717) is 17.2 Å². The molecule has 1 aromatic carbocycles. The molecule has 8 nitrogen and oxygen atoms in total. The Morgan fingerprint density at radius 1 is 1.27 bits per heavy atom. The lowest BCUT2D eigenvalue weighted by Crippen LogP contribution is -2.41. The van der Waals surface area contributed by atoms with E-state index in [1.165, 1.54) is 18.7 Å². The van der Waals surface area contributed by atoms with Crippen LogP contribution in [0.4, 0.5) is 5.82 Å². The van der Waals surface area contributed by atoms with Crippen LogP contribution in [-0.2, 0) is 22.4 Å². The standard InChI is InChI=1S/C25H31N3O5/c1-33-22-9-6-17(13-21(22)29)20(14-23(30)31)28-25(32)18-11-15(12-18)4-7-19-8-5-16-3-2-10-26-24(16)27-19/h5-6,8-9,13,15,18,20,29H,2-4,7,10-12,14H2,1H3,(H,26,27)(H,28,32)(H,30,31)/t15-,18+,20-/m0/s1. The number of aromatic hydroxyl groups is 1. The van der Waals surface area contributed by atoms with E-state index in [-0.39, 0.29) is 24.0 Å². The van der Waals surface area contributed by atoms with Crippen molar-refractivity contribution in [2.75, 3.05) is 19.0 Å². The van der Waals surface area contributed by atoms with Crippen molar-refractivity contribution in [3.8, 4) is 11.5 Å². The van der Waals surface area contributed by atoms with Crippen molar-refractivity contribution >= 4 is 17.7 Å². The number of phenols is 1. The van der Waals surface area contributed by atoms with Crippen LogP contribution in [-0.4, -0.2) is 40.7 Å². The number of carboxylic acids is 1. The van der Waals surface area contributed by atoms with Crippen molar-refractivity contribution < 1.29 is 24.5 Å². The lowest BCUT2D eigenvalue weighted by Gasteiger charge is -2.35. The third kappa shape index (κ3) is 5.56. The summed E-state index contributed by atoms with van der Waals surface area (Å²) in [6, 6.07) is 8.23. The summed E-state index contributed by atoms with van der Waals surface area (Å²) in [6.07, 6.45) is 5.43. The first-order valence-electron chi connectivity index (χ1n) is 11.5. The Bertz CT molecular complexity index is 1020. The van der Waals surface area contributed by atoms with Gasteiger partial charge in [-0.1, -0.05) is 12.1 Å². The molecule has 2 heterocycles. The third-order valence-corrected chi connectivity index (χ3v) is 6.67. The molecule has 4 N–H and O–H groups in total. The molecule has 1 amide bonds. The van der Waals surface area contributed by atoms with E-state index in [0.717, 1.165) is 56.6 Å². The second kappa shape index (κ2) is 10.1. The number of anilines is 1. The molecule has 0 spiro atoms. The number of methoxy groups -OCH3 is 1. The van der Waals surface area contributed by atoms with Gasteiger partial charge in [-0.25, -0.2) is 4.98 Å². The zero-order valence-corrected chi connectivity index (χ0v) is 18.8. The average molecular weight is 454 g/mol. The molecule has 1 saturated carbocycles. The molecule has 176 valence electrons. The zero-order chi connectivity index (χ0) is 23.4. The average Bonchev–Trinajstić information content (AvgIpc) is 2.77. The maximum absolute atomic E-state index is 12.8. The molecule has 4 rings (SSSR count). The van der Waals surface area contributed by atoms with Crippen LogP contribution < -0.4 is 15.4 Å². The highest BCUT2D eigenvalue weighted by atomic mass is 16.5. The smallest absolute Gasteiger partial charge is 0.305 e. The molecule has 0 unspecified atom stereocenters. The molecule has 1 atom stereocenters. The molecule has 1 aromatic heterocycles. The number of aromatic nitrogens is 1. The molecule has 1 aliphatic heterocycles. The minimum absolute atomic E-state index is 0.0886. The number of hydrogen-bond donors (Lipinski definition) is 4. The van der Waals surface area contributed by atoms with Gasteiger partial charge in [-0.3, -0.25) is 9.59 Å². The Labute approximate surface area is 193 Å². The number of ether oxygens (including phenoxy) is 1. The summed E-state index contributed by atoms with van der Waals surface area (Å²) in [5, 5.41) is 25.6. The highest BCUT2D eigenvalue weighted by Crippen LogP contribution is 2.38. The fourth-order valence-corrected chi connectivity index (χ4v) is 4.69. The minimum Gasteiger partial charge on any atom is -0.504 e. The van der Waals surface area contributed by atoms with E-state index >= 15 is 0 Å². The number of benzene rings is 1. The van der Waals surface area contributed by atoms with Gasteiger partial charge in [-0.15, -0.1) is 0 Å². The third-order valence-electron chi connectivity index (χ3n) is 6.67. The number of nitrogens with one attached hydrogen (secondary N) is 2. The highest BCUT2D eigenvalue weighted by Gasteiger charge is 2.35. The summed E-state index contributed by atoms with van der Waals surface area (Å²) >= 11 is 0. The zero-order valence-electron chi connectivity index (χ0n) is 18.8. The van der Waals surface area contributed by atoms with Gasteiger partial charge in [0.15, 0.2) is 11.5 Å². The Morgan fingerprint density at radius 3 is 2.82 bits per heavy atom. The van der Waals surface area contributed by atoms with Crippen molar-refractivity contribution in [2.24, 2.45) is 11.8 Å². The number of hydrogen-bond acceptors (Lipinski definition) is 6. The topological polar surface area (TPSA) is 121 Å². The minimum atomic E-state index is -1.02. The van der Waals surface area contributed by atoms with E-state index in [1.807, 2.05) is 0 Å². The Morgan fingerprint density at radius 2 is 2.09 bits per heavy atom. The largest absolute Gasteiger partial charge is 0.504 e. The fraction of sp³-hybridized carbons (Fsp3) is 0.480. The van der Waals surface area contributed by atoms with Crippen LogP contribution in [0.2, 0.25) is 0 Å². The normalized spacial score (nSPS) is 20.0. The number of carboxylic acid groups (broad SMARTS) is 1. The van der Waals surface area contributed by atoms with E-state index in [4.69, 9.17) is 9.72 Å². The van der Waals surface area contributed by atoms with E-state index < -0.39 is 12.0 Å². The van der Waals surface area contributed by atoms with Gasteiger partial charge in [0.1, 0.15) is 5.82 Å². The molecular weight excluding hydrogens is 422 g/mol. The predicted octanol–water partition coefficient (Wildman–Crippen LogP) is 3.44. The number of phenolic OH excluding ortho intramolecular Hbond substituents is 1. The van der Waals surface area contributed by atoms with Crippen LogP contribution in [0.25, 0.3) is 0 Å². The lowest BCUT2D eigenvalue weighted by molar-refractivity contribution is -0.138. The number of pyridine rings is 1. The second-order valence-electron chi connectivity index (χ2n) is 9.00. The van der Waals surface area contributed by atoms with Crippen LogP contribution in [0.15, 0.2) is 30.3 Å². The summed E-state index contributed by atoms with van der Waals surface area (Å²) < 4.78 is 5.04. The van der Waals surface area contributed by atoms with Gasteiger partial charge in [0.05, 0.1) is 19.6 Å². The van der Waals surface area contributed by atoms with E-state index in [1.54, 1.807) is 12.1 Å². The number of nitrogens with zero attached hydrogens (tertiary/aromatic N) is 1. The lowest BCUT2D eigenvalue weighted by atomic mass is 9.72. The van der Waals surface area contributed by atoms with Crippen LogP contribution in [0.1, 0.15) is 55.0 Å². The van der Waals surface area contributed by atoms with Gasteiger partial charge in [-0.2, -0.15) is 0 Å². The first kappa shape index (κ1) is 22.9. The van der Waals surface area contributed by atoms with E-state index in [2.05, 4.69) is 22.8 Å². The van der Waals surface area contributed by atoms with Crippen LogP contribution >= 0.6 is 0 Å². The number of aliphatic carboxylic acids is 1. The van der Waals surface area contributed by atoms with Gasteiger partial charge in [0.25, 0.3) is 0 Å². The fourth-order valence-electron chi connectivity index (χ4n) is 4.69. The maximum Gasteiger partial charge on any atom is 0.305 e. The van der Waals surface area contributed by atoms with Crippen molar-refractivity contribution in [1.82, 2.24) is 10.3 Å². The molecule has 0 radical (unpaired) electrons. The Hall–Kier alpha value is -3.29. The predicted molar refractivity (Wildman–Crippen MR) is 123 cm³/mol. The van der Waals surface area contributed by atoms with Crippen LogP contribution in [0.5, 0.6) is 11.5 Å². The molecule has 8 heteroatoms. The molecule has 2 aliphatic rings. The van der Waals surface area contributed by atoms with Gasteiger partial charge in [0.2, 0.25) is 5.91 Å².